The summed E-state index contributed by atoms with van der Waals surface area (Å²) in [5, 5.41) is 18.3. The monoisotopic (exact) mass is 482 g/mol. The van der Waals surface area contributed by atoms with Crippen molar-refractivity contribution in [3.05, 3.63) is 0 Å². The van der Waals surface area contributed by atoms with Gasteiger partial charge in [-0.05, 0) is 12.3 Å². The fourth-order valence-electron chi connectivity index (χ4n) is 4.35. The molecule has 0 saturated carbocycles. The number of nitrogens with zero attached hydrogens (tertiary/aromatic N) is 2. The first kappa shape index (κ1) is 32.0. The van der Waals surface area contributed by atoms with E-state index in [2.05, 4.69) is 23.8 Å². The lowest BCUT2D eigenvalue weighted by molar-refractivity contribution is -0.893. The number of carbonyl (C=O) groups is 2. The number of aliphatic imine (C=N–C) groups is 1. The Kier molecular flexibility index (Phi) is 18.3. The lowest BCUT2D eigenvalue weighted by atomic mass is 10.0. The van der Waals surface area contributed by atoms with E-state index in [-0.39, 0.29) is 16.4 Å². The minimum absolute atomic E-state index is 0. The first-order valence-corrected chi connectivity index (χ1v) is 12.8. The van der Waals surface area contributed by atoms with Crippen LogP contribution in [0, 0.1) is 11.8 Å². The molecule has 1 rings (SSSR count). The number of quaternary nitrogens is 1. The van der Waals surface area contributed by atoms with Crippen molar-refractivity contribution in [3.8, 4) is 11.8 Å². The van der Waals surface area contributed by atoms with E-state index in [1.165, 1.54) is 64.2 Å². The second-order valence-corrected chi connectivity index (χ2v) is 9.12. The molecule has 196 valence electrons. The molecule has 0 amide bonds. The van der Waals surface area contributed by atoms with Crippen molar-refractivity contribution in [3.63, 3.8) is 0 Å². The summed E-state index contributed by atoms with van der Waals surface area (Å²) in [6, 6.07) is -0.505. The Morgan fingerprint density at radius 1 is 0.971 bits per heavy atom. The topological polar surface area (TPSA) is 126 Å². The van der Waals surface area contributed by atoms with Gasteiger partial charge in [0.2, 0.25) is 0 Å². The van der Waals surface area contributed by atoms with Gasteiger partial charge >= 0.3 is 11.9 Å². The third-order valence-corrected chi connectivity index (χ3v) is 6.41. The molecule has 1 aliphatic rings. The van der Waals surface area contributed by atoms with Crippen LogP contribution in [0.15, 0.2) is 4.99 Å². The quantitative estimate of drug-likeness (QED) is 0.151. The summed E-state index contributed by atoms with van der Waals surface area (Å²) < 4.78 is 5.64. The van der Waals surface area contributed by atoms with Crippen LogP contribution in [0.5, 0.6) is 0 Å². The Bertz CT molecular complexity index is 657. The minimum Gasteiger partial charge on any atom is -0.870 e. The maximum atomic E-state index is 11.5. The number of hydrogen-bond acceptors (Lipinski definition) is 5. The molecule has 0 spiro atoms. The van der Waals surface area contributed by atoms with E-state index >= 15 is 0 Å². The standard InChI is InChI=1S/C26H44N2O5.H2O/c1-3-4-5-6-7-8-9-10-11-12-13-14-15-16-17-24(20-25(29)30)28(19-18-27-22-28)23(2)33-21-26(31)32;/h22-24H,3-15,18-21H2,1-2H3,(H-,29,30,31,32);1H2. The maximum Gasteiger partial charge on any atom is 0.329 e. The van der Waals surface area contributed by atoms with Crippen molar-refractivity contribution in [2.45, 2.75) is 116 Å². The summed E-state index contributed by atoms with van der Waals surface area (Å²) >= 11 is 0. The number of unbranched alkanes of at least 4 members (excludes halogenated alkanes) is 12. The van der Waals surface area contributed by atoms with Crippen molar-refractivity contribution < 1.29 is 34.5 Å². The number of hydrogen-bond donors (Lipinski definition) is 2. The van der Waals surface area contributed by atoms with E-state index in [0.717, 1.165) is 19.3 Å². The van der Waals surface area contributed by atoms with Crippen molar-refractivity contribution in [2.75, 3.05) is 19.7 Å². The van der Waals surface area contributed by atoms with Gasteiger partial charge in [-0.1, -0.05) is 83.5 Å². The van der Waals surface area contributed by atoms with Gasteiger partial charge in [0.15, 0.2) is 25.2 Å². The van der Waals surface area contributed by atoms with E-state index in [1.54, 1.807) is 13.3 Å². The minimum atomic E-state index is -1.05. The smallest absolute Gasteiger partial charge is 0.329 e. The van der Waals surface area contributed by atoms with Gasteiger partial charge in [0, 0.05) is 13.3 Å². The highest BCUT2D eigenvalue weighted by Crippen LogP contribution is 2.24. The molecule has 8 heteroatoms. The van der Waals surface area contributed by atoms with Crippen LogP contribution in [-0.2, 0) is 14.3 Å². The molecular weight excluding hydrogens is 436 g/mol. The van der Waals surface area contributed by atoms with E-state index in [1.807, 2.05) is 0 Å². The molecule has 3 N–H and O–H groups in total. The average molecular weight is 483 g/mol. The first-order chi connectivity index (χ1) is 15.9. The molecule has 0 saturated heterocycles. The molecule has 1 heterocycles. The van der Waals surface area contributed by atoms with Crippen LogP contribution in [0.2, 0.25) is 0 Å². The Labute approximate surface area is 205 Å². The fourth-order valence-corrected chi connectivity index (χ4v) is 4.35. The lowest BCUT2D eigenvalue weighted by Gasteiger charge is -2.39. The molecule has 34 heavy (non-hydrogen) atoms. The number of ether oxygens (including phenoxy) is 1. The highest BCUT2D eigenvalue weighted by molar-refractivity contribution is 5.69. The lowest BCUT2D eigenvalue weighted by Crippen LogP contribution is -2.60. The van der Waals surface area contributed by atoms with Crippen LogP contribution < -0.4 is 0 Å². The zero-order valence-electron chi connectivity index (χ0n) is 21.2. The fraction of sp³-hybridized carbons (Fsp3) is 0.808. The van der Waals surface area contributed by atoms with Gasteiger partial charge < -0.3 is 20.4 Å². The molecular formula is C26H46N2O6. The molecule has 0 aromatic rings. The molecule has 0 bridgehead atoms. The molecule has 3 atom stereocenters. The van der Waals surface area contributed by atoms with Gasteiger partial charge in [0.1, 0.15) is 13.0 Å². The second kappa shape index (κ2) is 19.4. The van der Waals surface area contributed by atoms with Crippen LogP contribution in [0.25, 0.3) is 0 Å². The molecule has 0 fully saturated rings. The summed E-state index contributed by atoms with van der Waals surface area (Å²) in [7, 11) is 0. The highest BCUT2D eigenvalue weighted by atomic mass is 16.5. The van der Waals surface area contributed by atoms with Crippen LogP contribution in [0.4, 0.5) is 0 Å². The van der Waals surface area contributed by atoms with Gasteiger partial charge in [-0.15, -0.1) is 0 Å². The normalized spacial score (nSPS) is 18.5. The maximum absolute atomic E-state index is 11.5. The van der Waals surface area contributed by atoms with Crippen LogP contribution in [-0.4, -0.2) is 70.4 Å². The zero-order chi connectivity index (χ0) is 24.4. The third-order valence-electron chi connectivity index (χ3n) is 6.41. The Balaban J connectivity index is 0.0000109. The molecule has 3 unspecified atom stereocenters. The Morgan fingerprint density at radius 2 is 1.53 bits per heavy atom. The molecule has 0 aromatic heterocycles. The van der Waals surface area contributed by atoms with Crippen molar-refractivity contribution in [1.29, 1.82) is 0 Å². The van der Waals surface area contributed by atoms with E-state index < -0.39 is 30.8 Å². The number of carboxylic acid groups (broad SMARTS) is 2. The van der Waals surface area contributed by atoms with Crippen LogP contribution >= 0.6 is 0 Å². The van der Waals surface area contributed by atoms with Crippen molar-refractivity contribution >= 4 is 18.3 Å². The van der Waals surface area contributed by atoms with Crippen molar-refractivity contribution in [1.82, 2.24) is 0 Å². The molecule has 8 nitrogen and oxygen atoms in total. The number of carboxylic acids is 2. The number of rotatable bonds is 19. The molecule has 0 radical (unpaired) electrons. The van der Waals surface area contributed by atoms with Gasteiger partial charge in [-0.3, -0.25) is 4.79 Å². The first-order valence-electron chi connectivity index (χ1n) is 12.8. The van der Waals surface area contributed by atoms with E-state index in [9.17, 15) is 14.7 Å². The summed E-state index contributed by atoms with van der Waals surface area (Å²) in [6.45, 7) is 4.70. The van der Waals surface area contributed by atoms with Crippen LogP contribution in [0.1, 0.15) is 104 Å². The average Bonchev–Trinajstić information content (AvgIpc) is 3.27. The van der Waals surface area contributed by atoms with E-state index in [0.29, 0.717) is 13.1 Å². The summed E-state index contributed by atoms with van der Waals surface area (Å²) in [4.78, 5) is 26.7. The zero-order valence-corrected chi connectivity index (χ0v) is 21.2. The largest absolute Gasteiger partial charge is 0.870 e. The molecule has 0 aliphatic carbocycles. The van der Waals surface area contributed by atoms with Gasteiger partial charge in [-0.25, -0.2) is 14.3 Å². The van der Waals surface area contributed by atoms with Crippen molar-refractivity contribution in [2.24, 2.45) is 4.99 Å². The SMILES string of the molecule is CCCCCCCCCCCCCCC#CC(CC(=O)O)[N+]1(C(C)OCC(=O)O)C=NCC1.[OH-]. The summed E-state index contributed by atoms with van der Waals surface area (Å²) in [5.41, 5.74) is 0. The highest BCUT2D eigenvalue weighted by Gasteiger charge is 2.44. The van der Waals surface area contributed by atoms with Gasteiger partial charge in [0.25, 0.3) is 0 Å². The van der Waals surface area contributed by atoms with E-state index in [4.69, 9.17) is 9.84 Å². The summed E-state index contributed by atoms with van der Waals surface area (Å²) in [6.07, 6.45) is 17.3. The van der Waals surface area contributed by atoms with Gasteiger partial charge in [0.05, 0.1) is 6.54 Å². The Morgan fingerprint density at radius 3 is 2.00 bits per heavy atom. The predicted octanol–water partition coefficient (Wildman–Crippen LogP) is 5.05. The molecule has 1 aliphatic heterocycles. The van der Waals surface area contributed by atoms with Gasteiger partial charge in [-0.2, -0.15) is 0 Å². The summed E-state index contributed by atoms with van der Waals surface area (Å²) in [5.74, 6) is 4.37. The predicted molar refractivity (Wildman–Crippen MR) is 133 cm³/mol. The number of aliphatic carboxylic acids is 2. The molecule has 0 aromatic carbocycles. The third kappa shape index (κ3) is 13.1. The second-order valence-electron chi connectivity index (χ2n) is 9.12. The van der Waals surface area contributed by atoms with Crippen LogP contribution in [0.3, 0.4) is 0 Å². The Hall–Kier alpha value is -1.95.